The van der Waals surface area contributed by atoms with E-state index in [0.29, 0.717) is 45.8 Å². The molecule has 5 aliphatic rings. The molecule has 0 saturated carbocycles. The van der Waals surface area contributed by atoms with Crippen LogP contribution < -0.4 is 0 Å². The fourth-order valence-corrected chi connectivity index (χ4v) is 7.13. The zero-order chi connectivity index (χ0) is 27.2. The first-order valence-corrected chi connectivity index (χ1v) is 14.0. The number of carbonyl (C=O) groups excluding carboxylic acids is 3. The predicted molar refractivity (Wildman–Crippen MR) is 140 cm³/mol. The average Bonchev–Trinajstić information content (AvgIpc) is 3.21. The number of aliphatic hydroxyl groups is 1. The molecule has 1 N–H and O–H groups in total. The fraction of sp³-hybridized carbons (Fsp3) is 0.750. The van der Waals surface area contributed by atoms with Crippen LogP contribution in [0.5, 0.6) is 0 Å². The summed E-state index contributed by atoms with van der Waals surface area (Å²) in [6.45, 7) is 10.6. The second-order valence-corrected chi connectivity index (χ2v) is 11.6. The van der Waals surface area contributed by atoms with Crippen LogP contribution in [0.1, 0.15) is 27.2 Å². The number of morpholine rings is 1. The quantitative estimate of drug-likeness (QED) is 0.467. The van der Waals surface area contributed by atoms with Crippen molar-refractivity contribution in [2.45, 2.75) is 50.5 Å². The summed E-state index contributed by atoms with van der Waals surface area (Å²) in [5.74, 6) is -2.31. The van der Waals surface area contributed by atoms with Crippen LogP contribution in [-0.4, -0.2) is 132 Å². The first kappa shape index (κ1) is 27.3. The van der Waals surface area contributed by atoms with Crippen LogP contribution in [0.3, 0.4) is 0 Å². The lowest BCUT2D eigenvalue weighted by Crippen LogP contribution is -2.60. The van der Waals surface area contributed by atoms with E-state index in [1.807, 2.05) is 45.1 Å². The van der Waals surface area contributed by atoms with Crippen molar-refractivity contribution in [2.24, 2.45) is 17.8 Å². The molecule has 3 amide bonds. The molecule has 210 valence electrons. The van der Waals surface area contributed by atoms with Crippen molar-refractivity contribution in [3.63, 3.8) is 0 Å². The molecule has 1 unspecified atom stereocenters. The van der Waals surface area contributed by atoms with Crippen molar-refractivity contribution >= 4 is 17.7 Å². The second kappa shape index (κ2) is 10.4. The van der Waals surface area contributed by atoms with Gasteiger partial charge in [-0.05, 0) is 12.3 Å². The summed E-state index contributed by atoms with van der Waals surface area (Å²) < 4.78 is 12.4. The van der Waals surface area contributed by atoms with Crippen LogP contribution in [0, 0.1) is 17.8 Å². The Bertz CT molecular complexity index is 1010. The molecule has 10 heteroatoms. The smallest absolute Gasteiger partial charge is 0.249 e. The topological polar surface area (TPSA) is 103 Å². The minimum atomic E-state index is -1.29. The third-order valence-corrected chi connectivity index (χ3v) is 9.27. The largest absolute Gasteiger partial charge is 0.394 e. The van der Waals surface area contributed by atoms with E-state index in [0.717, 1.165) is 13.1 Å². The number of ether oxygens (including phenoxy) is 2. The molecule has 0 aromatic heterocycles. The average molecular weight is 531 g/mol. The zero-order valence-electron chi connectivity index (χ0n) is 23.0. The third kappa shape index (κ3) is 4.11. The van der Waals surface area contributed by atoms with Gasteiger partial charge in [0.15, 0.2) is 0 Å². The van der Waals surface area contributed by atoms with E-state index < -0.39 is 35.1 Å². The van der Waals surface area contributed by atoms with Gasteiger partial charge in [-0.25, -0.2) is 0 Å². The number of amides is 3. The lowest BCUT2D eigenvalue weighted by atomic mass is 9.73. The molecular weight excluding hydrogens is 488 g/mol. The Morgan fingerprint density at radius 1 is 1.00 bits per heavy atom. The Hall–Kier alpha value is -2.27. The number of nitrogens with zero attached hydrogens (tertiary/aromatic N) is 4. The molecule has 5 heterocycles. The fourth-order valence-electron chi connectivity index (χ4n) is 7.13. The molecule has 0 bridgehead atoms. The Morgan fingerprint density at radius 2 is 1.71 bits per heavy atom. The van der Waals surface area contributed by atoms with Crippen molar-refractivity contribution < 1.29 is 29.0 Å². The van der Waals surface area contributed by atoms with E-state index in [9.17, 15) is 19.5 Å². The number of rotatable bonds is 7. The Morgan fingerprint density at radius 3 is 2.37 bits per heavy atom. The predicted octanol–water partition coefficient (Wildman–Crippen LogP) is 0.123. The van der Waals surface area contributed by atoms with Gasteiger partial charge >= 0.3 is 0 Å². The van der Waals surface area contributed by atoms with Crippen molar-refractivity contribution in [3.8, 4) is 0 Å². The van der Waals surface area contributed by atoms with Crippen LogP contribution >= 0.6 is 0 Å². The maximum absolute atomic E-state index is 14.4. The Kier molecular flexibility index (Phi) is 7.45. The van der Waals surface area contributed by atoms with Crippen LogP contribution in [0.25, 0.3) is 0 Å². The molecule has 5 aliphatic heterocycles. The van der Waals surface area contributed by atoms with E-state index in [-0.39, 0.29) is 30.2 Å². The number of likely N-dealkylation sites (tertiary alicyclic amines) is 1. The zero-order valence-corrected chi connectivity index (χ0v) is 23.0. The van der Waals surface area contributed by atoms with Gasteiger partial charge in [0.2, 0.25) is 17.7 Å². The monoisotopic (exact) mass is 530 g/mol. The Balaban J connectivity index is 1.57. The maximum atomic E-state index is 14.4. The summed E-state index contributed by atoms with van der Waals surface area (Å²) in [7, 11) is 1.74. The standard InChI is InChI=1S/C28H42N4O6/c1-5-27-8-6-10-29(4)24(34)21(27)22-25(35)32(20(18-33)19(2)3)23-26(36)31(11-7-9-28(22,23)38-27)13-12-30-14-16-37-17-15-30/h6-9,19-23,33H,5,10-18H2,1-4H3/t20-,21+,22-,23?,27-,28-/m0/s1. The molecule has 0 aromatic rings. The molecule has 1 spiro atoms. The number of carbonyl (C=O) groups is 3. The molecule has 0 aromatic carbocycles. The van der Waals surface area contributed by atoms with Gasteiger partial charge in [-0.2, -0.15) is 0 Å². The van der Waals surface area contributed by atoms with E-state index in [2.05, 4.69) is 4.90 Å². The molecule has 0 radical (unpaired) electrons. The number of likely N-dealkylation sites (N-methyl/N-ethyl adjacent to an activating group) is 1. The second-order valence-electron chi connectivity index (χ2n) is 11.6. The first-order chi connectivity index (χ1) is 18.2. The molecule has 3 saturated heterocycles. The summed E-state index contributed by atoms with van der Waals surface area (Å²) in [6.07, 6.45) is 8.18. The highest BCUT2D eigenvalue weighted by molar-refractivity contribution is 6.00. The number of fused-ring (bicyclic) bond motifs is 2. The van der Waals surface area contributed by atoms with Gasteiger partial charge in [0, 0.05) is 46.3 Å². The summed E-state index contributed by atoms with van der Waals surface area (Å²) in [6, 6.07) is -1.52. The minimum absolute atomic E-state index is 0.0926. The van der Waals surface area contributed by atoms with Gasteiger partial charge in [0.05, 0.1) is 43.3 Å². The van der Waals surface area contributed by atoms with Crippen LogP contribution in [0.4, 0.5) is 0 Å². The molecule has 10 nitrogen and oxygen atoms in total. The Labute approximate surface area is 225 Å². The van der Waals surface area contributed by atoms with Crippen LogP contribution in [0.15, 0.2) is 24.3 Å². The SMILES string of the molecule is CC[C@]12C=CCN(C)C(=O)[C@H]1[C@H]1C(=O)N([C@@H](CO)C(C)C)C3C(=O)N(CCN4CCOCC4)CC=C[C@@]31O2. The highest BCUT2D eigenvalue weighted by atomic mass is 16.5. The molecule has 3 fully saturated rings. The van der Waals surface area contributed by atoms with Gasteiger partial charge in [0.1, 0.15) is 11.6 Å². The molecular formula is C28H42N4O6. The third-order valence-electron chi connectivity index (χ3n) is 9.27. The summed E-state index contributed by atoms with van der Waals surface area (Å²) in [5, 5.41) is 10.4. The first-order valence-electron chi connectivity index (χ1n) is 14.0. The van der Waals surface area contributed by atoms with E-state index in [1.165, 1.54) is 0 Å². The lowest BCUT2D eigenvalue weighted by molar-refractivity contribution is -0.158. The van der Waals surface area contributed by atoms with Gasteiger partial charge in [0.25, 0.3) is 0 Å². The summed E-state index contributed by atoms with van der Waals surface area (Å²) in [5.41, 5.74) is -2.27. The van der Waals surface area contributed by atoms with Gasteiger partial charge in [-0.1, -0.05) is 45.1 Å². The van der Waals surface area contributed by atoms with Crippen molar-refractivity contribution in [1.29, 1.82) is 0 Å². The summed E-state index contributed by atoms with van der Waals surface area (Å²) >= 11 is 0. The van der Waals surface area contributed by atoms with Crippen molar-refractivity contribution in [3.05, 3.63) is 24.3 Å². The normalized spacial score (nSPS) is 36.4. The molecule has 0 aliphatic carbocycles. The van der Waals surface area contributed by atoms with Gasteiger partial charge in [-0.3, -0.25) is 19.3 Å². The van der Waals surface area contributed by atoms with E-state index in [4.69, 9.17) is 9.47 Å². The van der Waals surface area contributed by atoms with Crippen LogP contribution in [0.2, 0.25) is 0 Å². The van der Waals surface area contributed by atoms with E-state index in [1.54, 1.807) is 21.7 Å². The maximum Gasteiger partial charge on any atom is 0.249 e. The minimum Gasteiger partial charge on any atom is -0.394 e. The van der Waals surface area contributed by atoms with Crippen molar-refractivity contribution in [1.82, 2.24) is 19.6 Å². The van der Waals surface area contributed by atoms with E-state index >= 15 is 0 Å². The lowest BCUT2D eigenvalue weighted by Gasteiger charge is -2.42. The number of hydrogen-bond donors (Lipinski definition) is 1. The van der Waals surface area contributed by atoms with Gasteiger partial charge in [-0.15, -0.1) is 0 Å². The highest BCUT2D eigenvalue weighted by Gasteiger charge is 2.75. The molecule has 5 rings (SSSR count). The molecule has 38 heavy (non-hydrogen) atoms. The molecule has 6 atom stereocenters. The van der Waals surface area contributed by atoms with Gasteiger partial charge < -0.3 is 29.3 Å². The summed E-state index contributed by atoms with van der Waals surface area (Å²) in [4.78, 5) is 49.9. The number of aliphatic hydroxyl groups excluding tert-OH is 1. The number of hydrogen-bond acceptors (Lipinski definition) is 7. The highest BCUT2D eigenvalue weighted by Crippen LogP contribution is 2.59. The van der Waals surface area contributed by atoms with Crippen LogP contribution in [-0.2, 0) is 23.9 Å². The van der Waals surface area contributed by atoms with Crippen molar-refractivity contribution in [2.75, 3.05) is 66.1 Å².